The van der Waals surface area contributed by atoms with Gasteiger partial charge in [0.05, 0.1) is 0 Å². The highest BCUT2D eigenvalue weighted by atomic mass is 16.4. The predicted molar refractivity (Wildman–Crippen MR) is 75.1 cm³/mol. The van der Waals surface area contributed by atoms with Gasteiger partial charge in [0.2, 0.25) is 0 Å². The first-order valence-electron chi connectivity index (χ1n) is 5.34. The molecule has 0 saturated carbocycles. The van der Waals surface area contributed by atoms with Crippen molar-refractivity contribution in [1.29, 1.82) is 0 Å². The summed E-state index contributed by atoms with van der Waals surface area (Å²) in [4.78, 5) is 0. The third-order valence-electron chi connectivity index (χ3n) is 1.88. The van der Waals surface area contributed by atoms with Crippen LogP contribution >= 0.6 is 0 Å². The molecule has 0 radical (unpaired) electrons. The van der Waals surface area contributed by atoms with Crippen molar-refractivity contribution in [3.05, 3.63) is 60.7 Å². The molecule has 0 saturated heterocycles. The summed E-state index contributed by atoms with van der Waals surface area (Å²) in [7, 11) is -1.50. The van der Waals surface area contributed by atoms with Gasteiger partial charge in [-0.3, -0.25) is 0 Å². The Kier molecular flexibility index (Phi) is 10.8. The molecule has 2 aromatic carbocycles. The summed E-state index contributed by atoms with van der Waals surface area (Å²) in [6.07, 6.45) is 0. The summed E-state index contributed by atoms with van der Waals surface area (Å²) in [5.74, 6) is 0. The first kappa shape index (κ1) is 16.4. The van der Waals surface area contributed by atoms with Crippen molar-refractivity contribution < 1.29 is 20.1 Å². The van der Waals surface area contributed by atoms with Gasteiger partial charge in [0.25, 0.3) is 0 Å². The summed E-state index contributed by atoms with van der Waals surface area (Å²) in [6, 6.07) is 20.8. The summed E-state index contributed by atoms with van der Waals surface area (Å²) in [5, 5.41) is 28.5. The third-order valence-corrected chi connectivity index (χ3v) is 1.88. The highest BCUT2D eigenvalue weighted by molar-refractivity contribution is 6.13. The lowest BCUT2D eigenvalue weighted by Crippen LogP contribution is -1.75. The molecule has 6 heteroatoms. The van der Waals surface area contributed by atoms with Crippen molar-refractivity contribution in [3.8, 4) is 11.1 Å². The van der Waals surface area contributed by atoms with Gasteiger partial charge in [0.1, 0.15) is 0 Å². The maximum absolute atomic E-state index is 7.12. The molecule has 0 spiro atoms. The molecule has 2 rings (SSSR count). The summed E-state index contributed by atoms with van der Waals surface area (Å²) in [6.45, 7) is 0. The molecule has 0 atom stereocenters. The molecule has 0 bridgehead atoms. The van der Waals surface area contributed by atoms with E-state index in [1.54, 1.807) is 0 Å². The maximum Gasteiger partial charge on any atom is 0.432 e. The SMILES string of the molecule is OBO.OBO.c1ccc(-c2ccccc2)cc1. The second-order valence-electron chi connectivity index (χ2n) is 3.01. The fourth-order valence-electron chi connectivity index (χ4n) is 1.26. The average molecular weight is 246 g/mol. The van der Waals surface area contributed by atoms with Gasteiger partial charge in [-0.25, -0.2) is 0 Å². The summed E-state index contributed by atoms with van der Waals surface area (Å²) in [5.41, 5.74) is 2.55. The summed E-state index contributed by atoms with van der Waals surface area (Å²) >= 11 is 0. The first-order chi connectivity index (χ1) is 8.79. The first-order valence-corrected chi connectivity index (χ1v) is 5.34. The van der Waals surface area contributed by atoms with E-state index in [0.717, 1.165) is 0 Å². The second-order valence-corrected chi connectivity index (χ2v) is 3.01. The van der Waals surface area contributed by atoms with E-state index in [1.807, 2.05) is 12.1 Å². The van der Waals surface area contributed by atoms with Crippen molar-refractivity contribution in [2.45, 2.75) is 0 Å². The Bertz CT molecular complexity index is 344. The Labute approximate surface area is 108 Å². The normalized spacial score (nSPS) is 8.00. The van der Waals surface area contributed by atoms with E-state index in [0.29, 0.717) is 0 Å². The molecule has 18 heavy (non-hydrogen) atoms. The minimum atomic E-state index is -0.750. The van der Waals surface area contributed by atoms with Crippen LogP contribution in [-0.4, -0.2) is 35.5 Å². The van der Waals surface area contributed by atoms with Crippen molar-refractivity contribution in [2.24, 2.45) is 0 Å². The summed E-state index contributed by atoms with van der Waals surface area (Å²) < 4.78 is 0. The van der Waals surface area contributed by atoms with Gasteiger partial charge < -0.3 is 20.1 Å². The fraction of sp³-hybridized carbons (Fsp3) is 0. The minimum absolute atomic E-state index is 0.750. The molecule has 2 aromatic rings. The zero-order valence-electron chi connectivity index (χ0n) is 9.98. The smallest absolute Gasteiger partial charge is 0.430 e. The molecule has 4 N–H and O–H groups in total. The third kappa shape index (κ3) is 7.65. The van der Waals surface area contributed by atoms with E-state index < -0.39 is 15.4 Å². The van der Waals surface area contributed by atoms with Gasteiger partial charge in [-0.15, -0.1) is 0 Å². The highest BCUT2D eigenvalue weighted by Gasteiger charge is 1.91. The molecule has 4 nitrogen and oxygen atoms in total. The van der Waals surface area contributed by atoms with E-state index in [9.17, 15) is 0 Å². The van der Waals surface area contributed by atoms with Crippen LogP contribution < -0.4 is 0 Å². The Morgan fingerprint density at radius 3 is 0.944 bits per heavy atom. The van der Waals surface area contributed by atoms with E-state index in [1.165, 1.54) is 11.1 Å². The van der Waals surface area contributed by atoms with Crippen LogP contribution in [0.3, 0.4) is 0 Å². The minimum Gasteiger partial charge on any atom is -0.430 e. The van der Waals surface area contributed by atoms with Crippen LogP contribution in [0.4, 0.5) is 0 Å². The molecular weight excluding hydrogens is 230 g/mol. The van der Waals surface area contributed by atoms with Gasteiger partial charge in [-0.05, 0) is 11.1 Å². The standard InChI is InChI=1S/C12H10.2BH3O2/c1-3-7-11(8-4-1)12-9-5-2-6-10-12;2*2-1-3/h1-10H;2*1-3H. The zero-order valence-corrected chi connectivity index (χ0v) is 9.98. The highest BCUT2D eigenvalue weighted by Crippen LogP contribution is 2.17. The van der Waals surface area contributed by atoms with Crippen LogP contribution in [0.5, 0.6) is 0 Å². The van der Waals surface area contributed by atoms with Crippen molar-refractivity contribution in [3.63, 3.8) is 0 Å². The molecule has 0 heterocycles. The molecule has 0 aliphatic carbocycles. The lowest BCUT2D eigenvalue weighted by atomic mass is 10.1. The lowest BCUT2D eigenvalue weighted by Gasteiger charge is -1.98. The maximum atomic E-state index is 7.12. The molecular formula is C12H16B2O4. The van der Waals surface area contributed by atoms with Gasteiger partial charge in [0, 0.05) is 0 Å². The van der Waals surface area contributed by atoms with Crippen LogP contribution in [-0.2, 0) is 0 Å². The molecule has 0 amide bonds. The van der Waals surface area contributed by atoms with Crippen LogP contribution in [0.15, 0.2) is 60.7 Å². The lowest BCUT2D eigenvalue weighted by molar-refractivity contribution is 0.447. The monoisotopic (exact) mass is 246 g/mol. The topological polar surface area (TPSA) is 80.9 Å². The van der Waals surface area contributed by atoms with E-state index in [4.69, 9.17) is 20.1 Å². The Hall–Kier alpha value is -1.59. The van der Waals surface area contributed by atoms with Gasteiger partial charge in [-0.1, -0.05) is 60.7 Å². The molecule has 0 unspecified atom stereocenters. The van der Waals surface area contributed by atoms with Crippen molar-refractivity contribution >= 4 is 15.4 Å². The fourth-order valence-corrected chi connectivity index (χ4v) is 1.26. The molecule has 94 valence electrons. The zero-order chi connectivity index (χ0) is 13.6. The molecule has 0 aromatic heterocycles. The Morgan fingerprint density at radius 1 is 0.500 bits per heavy atom. The second kappa shape index (κ2) is 11.9. The van der Waals surface area contributed by atoms with Crippen LogP contribution in [0.1, 0.15) is 0 Å². The number of hydrogen-bond acceptors (Lipinski definition) is 4. The molecule has 0 aliphatic heterocycles. The van der Waals surface area contributed by atoms with Crippen molar-refractivity contribution in [1.82, 2.24) is 0 Å². The quantitative estimate of drug-likeness (QED) is 0.526. The number of rotatable bonds is 1. The molecule has 0 fully saturated rings. The van der Waals surface area contributed by atoms with Crippen LogP contribution in [0.2, 0.25) is 0 Å². The van der Waals surface area contributed by atoms with Gasteiger partial charge >= 0.3 is 15.4 Å². The number of hydrogen-bond donors (Lipinski definition) is 4. The van der Waals surface area contributed by atoms with Gasteiger partial charge in [0.15, 0.2) is 0 Å². The van der Waals surface area contributed by atoms with Crippen LogP contribution in [0, 0.1) is 0 Å². The van der Waals surface area contributed by atoms with E-state index >= 15 is 0 Å². The predicted octanol–water partition coefficient (Wildman–Crippen LogP) is -0.171. The van der Waals surface area contributed by atoms with Crippen molar-refractivity contribution in [2.75, 3.05) is 0 Å². The Balaban J connectivity index is 0.000000414. The van der Waals surface area contributed by atoms with E-state index in [-0.39, 0.29) is 0 Å². The number of benzene rings is 2. The van der Waals surface area contributed by atoms with E-state index in [2.05, 4.69) is 48.5 Å². The van der Waals surface area contributed by atoms with Gasteiger partial charge in [-0.2, -0.15) is 0 Å². The van der Waals surface area contributed by atoms with Crippen LogP contribution in [0.25, 0.3) is 11.1 Å². The Morgan fingerprint density at radius 2 is 0.722 bits per heavy atom. The average Bonchev–Trinajstić information content (AvgIpc) is 2.43. The largest absolute Gasteiger partial charge is 0.432 e. The molecule has 0 aliphatic rings.